The van der Waals surface area contributed by atoms with Crippen molar-refractivity contribution in [1.29, 1.82) is 0 Å². The topological polar surface area (TPSA) is 190 Å². The Morgan fingerprint density at radius 2 is 0.533 bits per heavy atom. The molecule has 0 aromatic carbocycles. The number of rotatable bonds is 0. The molecule has 9 nitrogen and oxygen atoms in total. The van der Waals surface area contributed by atoms with E-state index in [9.17, 15) is 0 Å². The minimum atomic E-state index is -3.63. The van der Waals surface area contributed by atoms with Gasteiger partial charge in [-0.3, -0.25) is 0 Å². The predicted octanol–water partition coefficient (Wildman–Crippen LogP) is -9.78. The molecule has 0 aromatic rings. The maximum Gasteiger partial charge on any atom is 3.00 e. The minimum absolute atomic E-state index is 0. The van der Waals surface area contributed by atoms with Crippen LogP contribution in [-0.2, 0) is 13.4 Å². The zero-order valence-corrected chi connectivity index (χ0v) is 13.4. The Kier molecular flexibility index (Phi) is 70.5. The van der Waals surface area contributed by atoms with Gasteiger partial charge < -0.3 is 42.2 Å². The summed E-state index contributed by atoms with van der Waals surface area (Å²) < 4.78 is 25.6. The second kappa shape index (κ2) is 29.3. The van der Waals surface area contributed by atoms with Gasteiger partial charge in [0.25, 0.3) is 0 Å². The van der Waals surface area contributed by atoms with E-state index < -0.39 is 27.5 Å². The van der Waals surface area contributed by atoms with Gasteiger partial charge >= 0.3 is 34.7 Å². The summed E-state index contributed by atoms with van der Waals surface area (Å²) in [4.78, 5) is 51.1. The average Bonchev–Trinajstić information content (AvgIpc) is 1.54. The van der Waals surface area contributed by atoms with E-state index in [0.717, 1.165) is 0 Å². The first kappa shape index (κ1) is 36.1. The summed E-state index contributed by atoms with van der Waals surface area (Å²) in [5.41, 5.74) is 0. The molecule has 0 atom stereocenters. The summed E-state index contributed by atoms with van der Waals surface area (Å²) in [6.45, 7) is 0. The number of hydrogen-bond acceptors (Lipinski definition) is 9. The van der Waals surface area contributed by atoms with Crippen molar-refractivity contribution >= 4 is 79.6 Å². The molecule has 75 valence electrons. The summed E-state index contributed by atoms with van der Waals surface area (Å²) >= 11 is 0. The minimum Gasteiger partial charge on any atom is -0.672 e. The summed E-state index contributed by atoms with van der Waals surface area (Å²) in [6, 6.07) is 0. The van der Waals surface area contributed by atoms with Crippen LogP contribution in [0.5, 0.6) is 0 Å². The fraction of sp³-hybridized carbons (Fsp3) is 0. The largest absolute Gasteiger partial charge is 3.00 e. The van der Waals surface area contributed by atoms with Crippen LogP contribution in [0.3, 0.4) is 0 Å². The van der Waals surface area contributed by atoms with E-state index in [2.05, 4.69) is 0 Å². The second-order valence-electron chi connectivity index (χ2n) is 0.750. The van der Waals surface area contributed by atoms with Crippen molar-refractivity contribution in [3.63, 3.8) is 0 Å². The second-order valence-corrected chi connectivity index (χ2v) is 2.25. The Labute approximate surface area is 121 Å². The quantitative estimate of drug-likeness (QED) is 0.391. The molecule has 0 saturated heterocycles. The normalized spacial score (nSPS) is 4.80. The standard InChI is InChI=1S/3Al.3O3Si/c;;;3*1-4(2)3/q;2*+3;3*-2. The first-order chi connectivity index (χ1) is 5.20. The van der Waals surface area contributed by atoms with Crippen molar-refractivity contribution < 1.29 is 42.2 Å². The number of hydrogen-bond donors (Lipinski definition) is 0. The molecule has 0 aliphatic rings. The van der Waals surface area contributed by atoms with Gasteiger partial charge in [-0.05, 0) is 0 Å². The van der Waals surface area contributed by atoms with E-state index >= 15 is 0 Å². The third kappa shape index (κ3) is 11200. The fourth-order valence-electron chi connectivity index (χ4n) is 0. The van der Waals surface area contributed by atoms with Crippen LogP contribution in [0.4, 0.5) is 0 Å². The van der Waals surface area contributed by atoms with Gasteiger partial charge in [-0.15, -0.1) is 0 Å². The molecule has 0 spiro atoms. The third-order valence-electron chi connectivity index (χ3n) is 0. The van der Waals surface area contributed by atoms with Crippen LogP contribution in [0, 0.1) is 0 Å². The molecule has 0 aromatic heterocycles. The Hall–Kier alpha value is 0.448. The van der Waals surface area contributed by atoms with Gasteiger partial charge in [0.15, 0.2) is 0 Å². The SMILES string of the molecule is O=[Si]([O-])[O-].O=[Si]([O-])[O-].O=[Si]([O-])[O-].[Al+3].[Al+3].[Al]. The predicted molar refractivity (Wildman–Crippen MR) is 36.6 cm³/mol. The van der Waals surface area contributed by atoms with E-state index in [0.29, 0.717) is 0 Å². The summed E-state index contributed by atoms with van der Waals surface area (Å²) in [5, 5.41) is 0. The molecule has 0 fully saturated rings. The van der Waals surface area contributed by atoms with Crippen LogP contribution in [0.15, 0.2) is 0 Å². The van der Waals surface area contributed by atoms with Crippen LogP contribution in [0.1, 0.15) is 0 Å². The molecule has 0 unspecified atom stereocenters. The van der Waals surface area contributed by atoms with Gasteiger partial charge in [0, 0.05) is 44.9 Å². The molecule has 0 bridgehead atoms. The fourth-order valence-corrected chi connectivity index (χ4v) is 0. The molecule has 0 N–H and O–H groups in total. The molecule has 0 saturated carbocycles. The Balaban J connectivity index is -0.0000000184. The van der Waals surface area contributed by atoms with E-state index in [1.54, 1.807) is 0 Å². The zero-order chi connectivity index (χ0) is 10.7. The summed E-state index contributed by atoms with van der Waals surface area (Å²) in [7, 11) is -10.9. The van der Waals surface area contributed by atoms with Gasteiger partial charge in [-0.1, -0.05) is 0 Å². The monoisotopic (exact) mass is 309 g/mol. The molecule has 0 aliphatic carbocycles. The zero-order valence-electron chi connectivity index (χ0n) is 6.91. The van der Waals surface area contributed by atoms with Crippen LogP contribution < -0.4 is 28.8 Å². The Bertz CT molecular complexity index is 118. The molecule has 15 heteroatoms. The molecular formula is Al3O9Si3. The van der Waals surface area contributed by atoms with Crippen LogP contribution in [0.25, 0.3) is 0 Å². The first-order valence-electron chi connectivity index (χ1n) is 1.84. The Morgan fingerprint density at radius 3 is 0.533 bits per heavy atom. The van der Waals surface area contributed by atoms with Crippen LogP contribution in [0.2, 0.25) is 0 Å². The molecule has 0 rings (SSSR count). The van der Waals surface area contributed by atoms with Gasteiger partial charge in [-0.2, -0.15) is 0 Å². The molecule has 0 amide bonds. The van der Waals surface area contributed by atoms with Crippen molar-refractivity contribution in [3.8, 4) is 0 Å². The summed E-state index contributed by atoms with van der Waals surface area (Å²) in [5.74, 6) is 0. The van der Waals surface area contributed by atoms with Crippen molar-refractivity contribution in [2.45, 2.75) is 0 Å². The smallest absolute Gasteiger partial charge is 0.672 e. The van der Waals surface area contributed by atoms with Gasteiger partial charge in [-0.25, -0.2) is 0 Å². The third-order valence-corrected chi connectivity index (χ3v) is 0. The van der Waals surface area contributed by atoms with Gasteiger partial charge in [0.1, 0.15) is 0 Å². The van der Waals surface area contributed by atoms with E-state index in [1.807, 2.05) is 0 Å². The van der Waals surface area contributed by atoms with E-state index in [1.165, 1.54) is 0 Å². The van der Waals surface area contributed by atoms with E-state index in [-0.39, 0.29) is 52.1 Å². The van der Waals surface area contributed by atoms with Crippen LogP contribution >= 0.6 is 0 Å². The maximum absolute atomic E-state index is 8.52. The molecule has 3 radical (unpaired) electrons. The van der Waals surface area contributed by atoms with Crippen molar-refractivity contribution in [3.05, 3.63) is 0 Å². The Morgan fingerprint density at radius 1 is 0.533 bits per heavy atom. The van der Waals surface area contributed by atoms with E-state index in [4.69, 9.17) is 42.2 Å². The first-order valence-corrected chi connectivity index (χ1v) is 5.51. The maximum atomic E-state index is 8.52. The molecule has 0 aliphatic heterocycles. The average molecular weight is 309 g/mol. The molecule has 15 heavy (non-hydrogen) atoms. The van der Waals surface area contributed by atoms with Gasteiger partial charge in [0.05, 0.1) is 0 Å². The van der Waals surface area contributed by atoms with Gasteiger partial charge in [0.2, 0.25) is 0 Å². The van der Waals surface area contributed by atoms with Crippen molar-refractivity contribution in [2.75, 3.05) is 0 Å². The molecule has 0 heterocycles. The van der Waals surface area contributed by atoms with Crippen LogP contribution in [-0.4, -0.2) is 79.6 Å². The summed E-state index contributed by atoms with van der Waals surface area (Å²) in [6.07, 6.45) is 0. The van der Waals surface area contributed by atoms with Crippen molar-refractivity contribution in [1.82, 2.24) is 0 Å². The molecular weight excluding hydrogens is 309 g/mol. The van der Waals surface area contributed by atoms with Crippen molar-refractivity contribution in [2.24, 2.45) is 0 Å².